The molecule has 0 bridgehead atoms. The Kier molecular flexibility index (Phi) is 4.27. The second-order valence-corrected chi connectivity index (χ2v) is 4.65. The van der Waals surface area contributed by atoms with Crippen LogP contribution in [0.4, 0.5) is 10.1 Å². The number of ether oxygens (including phenoxy) is 1. The van der Waals surface area contributed by atoms with Gasteiger partial charge in [-0.15, -0.1) is 0 Å². The third-order valence-corrected chi connectivity index (χ3v) is 3.25. The Bertz CT molecular complexity index is 566. The maximum Gasteiger partial charge on any atom is 0.131 e. The fourth-order valence-corrected chi connectivity index (χ4v) is 2.13. The Morgan fingerprint density at radius 3 is 2.68 bits per heavy atom. The van der Waals surface area contributed by atoms with Gasteiger partial charge in [0, 0.05) is 18.2 Å². The maximum atomic E-state index is 13.8. The lowest BCUT2D eigenvalue weighted by Gasteiger charge is -2.12. The minimum absolute atomic E-state index is 0.295. The van der Waals surface area contributed by atoms with Crippen LogP contribution in [0.15, 0.2) is 36.4 Å². The third-order valence-electron chi connectivity index (χ3n) is 2.94. The van der Waals surface area contributed by atoms with E-state index < -0.39 is 0 Å². The Balaban J connectivity index is 2.15. The van der Waals surface area contributed by atoms with Crippen LogP contribution in [0.2, 0.25) is 5.02 Å². The summed E-state index contributed by atoms with van der Waals surface area (Å²) < 4.78 is 18.8. The molecule has 2 aromatic rings. The van der Waals surface area contributed by atoms with Crippen LogP contribution in [0.1, 0.15) is 11.1 Å². The lowest BCUT2D eigenvalue weighted by atomic mass is 10.1. The highest BCUT2D eigenvalue weighted by Gasteiger charge is 2.07. The number of aryl methyl sites for hydroxylation is 1. The molecule has 19 heavy (non-hydrogen) atoms. The summed E-state index contributed by atoms with van der Waals surface area (Å²) in [4.78, 5) is 0. The SMILES string of the molecule is COc1ccc(CNc2c(C)cccc2Cl)c(F)c1. The average Bonchev–Trinajstić information content (AvgIpc) is 2.39. The van der Waals surface area contributed by atoms with Crippen molar-refractivity contribution in [2.45, 2.75) is 13.5 Å². The molecular formula is C15H15ClFNO. The van der Waals surface area contributed by atoms with Crippen molar-refractivity contribution < 1.29 is 9.13 Å². The number of anilines is 1. The molecule has 0 radical (unpaired) electrons. The van der Waals surface area contributed by atoms with Gasteiger partial charge in [0.1, 0.15) is 11.6 Å². The van der Waals surface area contributed by atoms with Gasteiger partial charge in [-0.05, 0) is 24.6 Å². The molecule has 1 N–H and O–H groups in total. The molecular weight excluding hydrogens is 265 g/mol. The molecule has 0 saturated carbocycles. The number of para-hydroxylation sites is 1. The first kappa shape index (κ1) is 13.7. The Morgan fingerprint density at radius 1 is 1.26 bits per heavy atom. The van der Waals surface area contributed by atoms with E-state index in [9.17, 15) is 4.39 Å². The van der Waals surface area contributed by atoms with Gasteiger partial charge in [-0.25, -0.2) is 4.39 Å². The van der Waals surface area contributed by atoms with Gasteiger partial charge < -0.3 is 10.1 Å². The summed E-state index contributed by atoms with van der Waals surface area (Å²) in [5, 5.41) is 3.80. The molecule has 0 aromatic heterocycles. The van der Waals surface area contributed by atoms with Crippen molar-refractivity contribution in [3.8, 4) is 5.75 Å². The fourth-order valence-electron chi connectivity index (χ4n) is 1.84. The van der Waals surface area contributed by atoms with E-state index in [1.54, 1.807) is 18.2 Å². The number of rotatable bonds is 4. The van der Waals surface area contributed by atoms with Gasteiger partial charge in [-0.3, -0.25) is 0 Å². The van der Waals surface area contributed by atoms with E-state index in [1.807, 2.05) is 19.1 Å². The van der Waals surface area contributed by atoms with E-state index in [1.165, 1.54) is 13.2 Å². The second kappa shape index (κ2) is 5.93. The van der Waals surface area contributed by atoms with Gasteiger partial charge in [0.05, 0.1) is 17.8 Å². The molecule has 100 valence electrons. The highest BCUT2D eigenvalue weighted by Crippen LogP contribution is 2.26. The summed E-state index contributed by atoms with van der Waals surface area (Å²) in [6.45, 7) is 2.33. The van der Waals surface area contributed by atoms with Gasteiger partial charge in [0.15, 0.2) is 0 Å². The molecule has 0 spiro atoms. The van der Waals surface area contributed by atoms with E-state index in [-0.39, 0.29) is 5.82 Å². The van der Waals surface area contributed by atoms with Crippen LogP contribution in [0.25, 0.3) is 0 Å². The number of benzene rings is 2. The largest absolute Gasteiger partial charge is 0.497 e. The van der Waals surface area contributed by atoms with E-state index >= 15 is 0 Å². The second-order valence-electron chi connectivity index (χ2n) is 4.24. The van der Waals surface area contributed by atoms with E-state index in [4.69, 9.17) is 16.3 Å². The maximum absolute atomic E-state index is 13.8. The average molecular weight is 280 g/mol. The predicted octanol–water partition coefficient (Wildman–Crippen LogP) is 4.41. The molecule has 4 heteroatoms. The molecule has 0 atom stereocenters. The summed E-state index contributed by atoms with van der Waals surface area (Å²) in [7, 11) is 1.51. The summed E-state index contributed by atoms with van der Waals surface area (Å²) in [5.41, 5.74) is 2.43. The molecule has 2 aromatic carbocycles. The quantitative estimate of drug-likeness (QED) is 0.895. The number of methoxy groups -OCH3 is 1. The van der Waals surface area contributed by atoms with Crippen molar-refractivity contribution in [2.75, 3.05) is 12.4 Å². The fraction of sp³-hybridized carbons (Fsp3) is 0.200. The third kappa shape index (κ3) is 3.18. The molecule has 0 aliphatic rings. The van der Waals surface area contributed by atoms with Crippen LogP contribution >= 0.6 is 11.6 Å². The van der Waals surface area contributed by atoms with Crippen LogP contribution < -0.4 is 10.1 Å². The summed E-state index contributed by atoms with van der Waals surface area (Å²) in [6.07, 6.45) is 0. The highest BCUT2D eigenvalue weighted by molar-refractivity contribution is 6.33. The van der Waals surface area contributed by atoms with Crippen molar-refractivity contribution in [3.05, 3.63) is 58.4 Å². The minimum Gasteiger partial charge on any atom is -0.497 e. The number of halogens is 2. The van der Waals surface area contributed by atoms with Crippen LogP contribution in [0.5, 0.6) is 5.75 Å². The monoisotopic (exact) mass is 279 g/mol. The molecule has 0 fully saturated rings. The zero-order valence-electron chi connectivity index (χ0n) is 10.8. The van der Waals surface area contributed by atoms with Crippen molar-refractivity contribution in [1.82, 2.24) is 0 Å². The first-order chi connectivity index (χ1) is 9.11. The van der Waals surface area contributed by atoms with Gasteiger partial charge >= 0.3 is 0 Å². The summed E-state index contributed by atoms with van der Waals surface area (Å²) in [5.74, 6) is 0.215. The van der Waals surface area contributed by atoms with Crippen molar-refractivity contribution >= 4 is 17.3 Å². The number of nitrogens with one attached hydrogen (secondary N) is 1. The van der Waals surface area contributed by atoms with Crippen LogP contribution in [0, 0.1) is 12.7 Å². The lowest BCUT2D eigenvalue weighted by Crippen LogP contribution is -2.04. The normalized spacial score (nSPS) is 10.3. The number of hydrogen-bond donors (Lipinski definition) is 1. The minimum atomic E-state index is -0.295. The van der Waals surface area contributed by atoms with Gasteiger partial charge in [-0.1, -0.05) is 29.8 Å². The molecule has 0 aliphatic carbocycles. The molecule has 2 rings (SSSR count). The zero-order valence-corrected chi connectivity index (χ0v) is 11.6. The van der Waals surface area contributed by atoms with Crippen LogP contribution in [-0.4, -0.2) is 7.11 Å². The van der Waals surface area contributed by atoms with E-state index in [0.717, 1.165) is 11.3 Å². The van der Waals surface area contributed by atoms with Crippen LogP contribution in [-0.2, 0) is 6.54 Å². The van der Waals surface area contributed by atoms with Gasteiger partial charge in [0.2, 0.25) is 0 Å². The van der Waals surface area contributed by atoms with Crippen LogP contribution in [0.3, 0.4) is 0 Å². The Labute approximate surface area is 117 Å². The zero-order chi connectivity index (χ0) is 13.8. The summed E-state index contributed by atoms with van der Waals surface area (Å²) >= 11 is 6.11. The van der Waals surface area contributed by atoms with Gasteiger partial charge in [-0.2, -0.15) is 0 Å². The van der Waals surface area contributed by atoms with Crippen molar-refractivity contribution in [2.24, 2.45) is 0 Å². The first-order valence-corrected chi connectivity index (χ1v) is 6.31. The van der Waals surface area contributed by atoms with Gasteiger partial charge in [0.25, 0.3) is 0 Å². The highest BCUT2D eigenvalue weighted by atomic mass is 35.5. The molecule has 2 nitrogen and oxygen atoms in total. The summed E-state index contributed by atoms with van der Waals surface area (Å²) in [6, 6.07) is 10.5. The van der Waals surface area contributed by atoms with E-state index in [0.29, 0.717) is 22.9 Å². The molecule has 0 saturated heterocycles. The molecule has 0 amide bonds. The molecule has 0 heterocycles. The Morgan fingerprint density at radius 2 is 2.05 bits per heavy atom. The van der Waals surface area contributed by atoms with Crippen molar-refractivity contribution in [1.29, 1.82) is 0 Å². The first-order valence-electron chi connectivity index (χ1n) is 5.93. The number of hydrogen-bond acceptors (Lipinski definition) is 2. The standard InChI is InChI=1S/C15H15ClFNO/c1-10-4-3-5-13(16)15(10)18-9-11-6-7-12(19-2)8-14(11)17/h3-8,18H,9H2,1-2H3. The topological polar surface area (TPSA) is 21.3 Å². The Hall–Kier alpha value is -1.74. The predicted molar refractivity (Wildman–Crippen MR) is 76.5 cm³/mol. The van der Waals surface area contributed by atoms with E-state index in [2.05, 4.69) is 5.32 Å². The molecule has 0 unspecified atom stereocenters. The van der Waals surface area contributed by atoms with Crippen molar-refractivity contribution in [3.63, 3.8) is 0 Å². The molecule has 0 aliphatic heterocycles. The lowest BCUT2D eigenvalue weighted by molar-refractivity contribution is 0.411. The smallest absolute Gasteiger partial charge is 0.131 e.